The van der Waals surface area contributed by atoms with Gasteiger partial charge in [-0.05, 0) is 26.7 Å². The van der Waals surface area contributed by atoms with E-state index in [9.17, 15) is 9.90 Å². The average Bonchev–Trinajstić information content (AvgIpc) is 2.53. The lowest BCUT2D eigenvalue weighted by Crippen LogP contribution is -2.23. The minimum absolute atomic E-state index is 0.104. The van der Waals surface area contributed by atoms with Crippen molar-refractivity contribution in [1.82, 2.24) is 5.32 Å². The molecule has 2 N–H and O–H groups in total. The maximum Gasteiger partial charge on any atom is 0.219 e. The monoisotopic (exact) mass is 305 g/mol. The summed E-state index contributed by atoms with van der Waals surface area (Å²) in [5.41, 5.74) is 0. The van der Waals surface area contributed by atoms with Crippen molar-refractivity contribution in [3.63, 3.8) is 0 Å². The third-order valence-corrected chi connectivity index (χ3v) is 2.61. The molecule has 0 fully saturated rings. The molecule has 4 heteroatoms. The number of carbonyl (C=O) groups excluding carboxylic acids is 1. The van der Waals surface area contributed by atoms with Gasteiger partial charge >= 0.3 is 0 Å². The molecule has 0 radical (unpaired) electrons. The highest BCUT2D eigenvalue weighted by molar-refractivity contribution is 5.75. The zero-order valence-electron chi connectivity index (χ0n) is 15.4. The van der Waals surface area contributed by atoms with Crippen LogP contribution in [0.4, 0.5) is 0 Å². The highest BCUT2D eigenvalue weighted by Crippen LogP contribution is 2.09. The van der Waals surface area contributed by atoms with Gasteiger partial charge in [0.1, 0.15) is 0 Å². The largest absolute Gasteiger partial charge is 0.396 e. The molecule has 0 saturated heterocycles. The Morgan fingerprint density at radius 2 is 1.71 bits per heavy atom. The Balaban J connectivity index is -0.000000739. The van der Waals surface area contributed by atoms with Crippen molar-refractivity contribution in [3.05, 3.63) is 0 Å². The van der Waals surface area contributed by atoms with Gasteiger partial charge in [-0.2, -0.15) is 0 Å². The zero-order chi connectivity index (χ0) is 17.1. The fourth-order valence-electron chi connectivity index (χ4n) is 1.47. The van der Waals surface area contributed by atoms with Crippen molar-refractivity contribution in [3.8, 4) is 0 Å². The maximum absolute atomic E-state index is 11.0. The van der Waals surface area contributed by atoms with Crippen LogP contribution in [0.3, 0.4) is 0 Å². The number of nitrogens with one attached hydrogen (secondary N) is 1. The van der Waals surface area contributed by atoms with Gasteiger partial charge in [-0.15, -0.1) is 0 Å². The van der Waals surface area contributed by atoms with Crippen LogP contribution in [0, 0.1) is 5.92 Å². The molecule has 0 bridgehead atoms. The second-order valence-electron chi connectivity index (χ2n) is 4.63. The van der Waals surface area contributed by atoms with Gasteiger partial charge in [0, 0.05) is 25.5 Å². The highest BCUT2D eigenvalue weighted by atomic mass is 16.5. The van der Waals surface area contributed by atoms with Gasteiger partial charge in [0.05, 0.1) is 12.7 Å². The minimum atomic E-state index is 0.104. The summed E-state index contributed by atoms with van der Waals surface area (Å²) in [6.45, 7) is 15.4. The predicted octanol–water partition coefficient (Wildman–Crippen LogP) is 3.77. The van der Waals surface area contributed by atoms with E-state index in [0.717, 1.165) is 25.8 Å². The molecule has 0 aromatic rings. The fourth-order valence-corrected chi connectivity index (χ4v) is 1.47. The normalized spacial score (nSPS) is 10.9. The molecular weight excluding hydrogens is 266 g/mol. The molecule has 0 saturated carbocycles. The summed E-state index contributed by atoms with van der Waals surface area (Å²) in [7, 11) is 0. The molecule has 0 aliphatic rings. The van der Waals surface area contributed by atoms with Crippen LogP contribution in [0.1, 0.15) is 74.1 Å². The van der Waals surface area contributed by atoms with E-state index in [2.05, 4.69) is 5.32 Å². The van der Waals surface area contributed by atoms with Gasteiger partial charge in [0.15, 0.2) is 0 Å². The van der Waals surface area contributed by atoms with Gasteiger partial charge in [0.25, 0.3) is 0 Å². The molecule has 0 spiro atoms. The first-order valence-corrected chi connectivity index (χ1v) is 8.59. The maximum atomic E-state index is 11.0. The number of unbranched alkanes of at least 4 members (excludes halogenated alkanes) is 1. The van der Waals surface area contributed by atoms with Crippen molar-refractivity contribution in [2.75, 3.05) is 19.8 Å². The van der Waals surface area contributed by atoms with Crippen LogP contribution < -0.4 is 5.32 Å². The van der Waals surface area contributed by atoms with Crippen molar-refractivity contribution in [1.29, 1.82) is 0 Å². The minimum Gasteiger partial charge on any atom is -0.396 e. The quantitative estimate of drug-likeness (QED) is 0.604. The van der Waals surface area contributed by atoms with Gasteiger partial charge < -0.3 is 15.2 Å². The molecule has 1 atom stereocenters. The van der Waals surface area contributed by atoms with E-state index in [0.29, 0.717) is 13.0 Å². The lowest BCUT2D eigenvalue weighted by atomic mass is 10.0. The molecule has 0 aliphatic heterocycles. The van der Waals surface area contributed by atoms with E-state index in [1.165, 1.54) is 0 Å². The number of amides is 1. The molecular formula is C17H39NO3. The molecule has 4 nitrogen and oxygen atoms in total. The van der Waals surface area contributed by atoms with E-state index < -0.39 is 0 Å². The number of aliphatic hydroxyl groups is 1. The average molecular weight is 306 g/mol. The summed E-state index contributed by atoms with van der Waals surface area (Å²) >= 11 is 0. The zero-order valence-corrected chi connectivity index (χ0v) is 15.4. The van der Waals surface area contributed by atoms with Gasteiger partial charge in [0.2, 0.25) is 5.91 Å². The van der Waals surface area contributed by atoms with Crippen LogP contribution in [0.5, 0.6) is 0 Å². The number of hydrogen-bond donors (Lipinski definition) is 2. The Morgan fingerprint density at radius 1 is 1.14 bits per heavy atom. The third kappa shape index (κ3) is 21.8. The van der Waals surface area contributed by atoms with E-state index in [-0.39, 0.29) is 24.5 Å². The molecule has 0 rings (SSSR count). The van der Waals surface area contributed by atoms with Crippen molar-refractivity contribution in [2.45, 2.75) is 80.3 Å². The number of aliphatic hydroxyl groups excluding tert-OH is 1. The number of hydrogen-bond acceptors (Lipinski definition) is 3. The Kier molecular flexibility index (Phi) is 26.2. The van der Waals surface area contributed by atoms with E-state index in [1.54, 1.807) is 0 Å². The van der Waals surface area contributed by atoms with Crippen LogP contribution in [-0.4, -0.2) is 36.9 Å². The molecule has 1 unspecified atom stereocenters. The molecule has 0 aromatic carbocycles. The van der Waals surface area contributed by atoms with Crippen molar-refractivity contribution < 1.29 is 14.6 Å². The lowest BCUT2D eigenvalue weighted by molar-refractivity contribution is -0.120. The second kappa shape index (κ2) is 21.7. The Hall–Kier alpha value is -0.610. The van der Waals surface area contributed by atoms with Crippen LogP contribution in [0.15, 0.2) is 0 Å². The molecule has 0 aliphatic carbocycles. The summed E-state index contributed by atoms with van der Waals surface area (Å²) in [5.74, 6) is 0.325. The Labute approximate surface area is 132 Å². The van der Waals surface area contributed by atoms with Crippen molar-refractivity contribution in [2.24, 2.45) is 5.92 Å². The Bertz CT molecular complexity index is 196. The molecule has 1 amide bonds. The van der Waals surface area contributed by atoms with Crippen LogP contribution >= 0.6 is 0 Å². The van der Waals surface area contributed by atoms with Crippen LogP contribution in [-0.2, 0) is 9.53 Å². The summed E-state index contributed by atoms with van der Waals surface area (Å²) in [6, 6.07) is 0. The van der Waals surface area contributed by atoms with Gasteiger partial charge in [-0.1, -0.05) is 41.0 Å². The molecule has 0 aromatic heterocycles. The summed E-state index contributed by atoms with van der Waals surface area (Å²) in [5, 5.41) is 12.0. The summed E-state index contributed by atoms with van der Waals surface area (Å²) in [4.78, 5) is 11.0. The van der Waals surface area contributed by atoms with E-state index >= 15 is 0 Å². The second-order valence-corrected chi connectivity index (χ2v) is 4.63. The van der Waals surface area contributed by atoms with Gasteiger partial charge in [-0.3, -0.25) is 4.79 Å². The molecule has 0 heterocycles. The molecule has 21 heavy (non-hydrogen) atoms. The summed E-state index contributed by atoms with van der Waals surface area (Å²) < 4.78 is 5.48. The van der Waals surface area contributed by atoms with Gasteiger partial charge in [-0.25, -0.2) is 0 Å². The van der Waals surface area contributed by atoms with Crippen LogP contribution in [0.25, 0.3) is 0 Å². The Morgan fingerprint density at radius 3 is 2.14 bits per heavy atom. The van der Waals surface area contributed by atoms with E-state index in [1.807, 2.05) is 48.5 Å². The highest BCUT2D eigenvalue weighted by Gasteiger charge is 2.08. The number of rotatable bonds is 10. The topological polar surface area (TPSA) is 58.6 Å². The standard InChI is InChI=1S/C13H27NO3.2C2H6/c1-4-13(16)14-8-6-5-7-12(9-15)10-17-11(2)3;2*1-2/h11-12,15H,4-10H2,1-3H3,(H,14,16);2*1-2H3. The first-order chi connectivity index (χ1) is 10.1. The first-order valence-electron chi connectivity index (χ1n) is 8.59. The fraction of sp³-hybridized carbons (Fsp3) is 0.941. The van der Waals surface area contributed by atoms with E-state index in [4.69, 9.17) is 4.74 Å². The third-order valence-electron chi connectivity index (χ3n) is 2.61. The van der Waals surface area contributed by atoms with Crippen molar-refractivity contribution >= 4 is 5.91 Å². The number of carbonyl (C=O) groups is 1. The lowest BCUT2D eigenvalue weighted by Gasteiger charge is -2.16. The smallest absolute Gasteiger partial charge is 0.219 e. The number of ether oxygens (including phenoxy) is 1. The summed E-state index contributed by atoms with van der Waals surface area (Å²) in [6.07, 6.45) is 3.68. The first kappa shape index (κ1) is 25.3. The van der Waals surface area contributed by atoms with Crippen LogP contribution in [0.2, 0.25) is 0 Å². The molecule has 130 valence electrons. The SMILES string of the molecule is CC.CC.CCC(=O)NCCCCC(CO)COC(C)C. The predicted molar refractivity (Wildman–Crippen MR) is 91.5 cm³/mol.